The van der Waals surface area contributed by atoms with Crippen LogP contribution in [0, 0.1) is 11.3 Å². The molecular formula is C13H7Cl2N3O2. The van der Waals surface area contributed by atoms with E-state index in [0.29, 0.717) is 27.9 Å². The molecule has 100 valence electrons. The molecule has 0 aliphatic carbocycles. The maximum absolute atomic E-state index is 9.14. The lowest BCUT2D eigenvalue weighted by Crippen LogP contribution is -1.98. The van der Waals surface area contributed by atoms with Crippen molar-refractivity contribution < 1.29 is 9.47 Å². The maximum atomic E-state index is 9.14. The molecule has 2 aromatic rings. The van der Waals surface area contributed by atoms with Crippen LogP contribution in [0.2, 0.25) is 10.2 Å². The number of pyridine rings is 1. The van der Waals surface area contributed by atoms with E-state index in [1.165, 1.54) is 6.20 Å². The highest BCUT2D eigenvalue weighted by atomic mass is 35.5. The van der Waals surface area contributed by atoms with Gasteiger partial charge in [0.05, 0.1) is 10.7 Å². The van der Waals surface area contributed by atoms with E-state index >= 15 is 0 Å². The van der Waals surface area contributed by atoms with Crippen molar-refractivity contribution in [3.63, 3.8) is 0 Å². The number of nitriles is 1. The normalized spacial score (nSPS) is 12.1. The van der Waals surface area contributed by atoms with Gasteiger partial charge in [0.1, 0.15) is 22.5 Å². The minimum absolute atomic E-state index is 0.123. The van der Waals surface area contributed by atoms with E-state index in [1.54, 1.807) is 18.2 Å². The molecule has 0 saturated heterocycles. The van der Waals surface area contributed by atoms with Crippen LogP contribution in [0.15, 0.2) is 24.4 Å². The van der Waals surface area contributed by atoms with Gasteiger partial charge in [0.2, 0.25) is 6.79 Å². The Morgan fingerprint density at radius 3 is 2.90 bits per heavy atom. The van der Waals surface area contributed by atoms with Gasteiger partial charge in [-0.2, -0.15) is 5.26 Å². The first-order valence-electron chi connectivity index (χ1n) is 5.60. The smallest absolute Gasteiger partial charge is 0.231 e. The van der Waals surface area contributed by atoms with Gasteiger partial charge >= 0.3 is 0 Å². The summed E-state index contributed by atoms with van der Waals surface area (Å²) in [7, 11) is 0. The van der Waals surface area contributed by atoms with E-state index in [4.69, 9.17) is 37.9 Å². The third-order valence-electron chi connectivity index (χ3n) is 2.76. The van der Waals surface area contributed by atoms with Gasteiger partial charge in [-0.15, -0.1) is 0 Å². The van der Waals surface area contributed by atoms with Crippen molar-refractivity contribution in [2.75, 3.05) is 12.1 Å². The summed E-state index contributed by atoms with van der Waals surface area (Å²) in [5.41, 5.74) is 1.26. The minimum Gasteiger partial charge on any atom is -0.454 e. The summed E-state index contributed by atoms with van der Waals surface area (Å²) in [5, 5.41) is 12.8. The lowest BCUT2D eigenvalue weighted by molar-refractivity contribution is 0.174. The fraction of sp³-hybridized carbons (Fsp3) is 0.0769. The molecule has 0 saturated carbocycles. The van der Waals surface area contributed by atoms with Crippen LogP contribution in [-0.4, -0.2) is 11.8 Å². The predicted octanol–water partition coefficient (Wildman–Crippen LogP) is 3.73. The molecule has 1 N–H and O–H groups in total. The number of ether oxygens (including phenoxy) is 2. The fourth-order valence-corrected chi connectivity index (χ4v) is 2.24. The summed E-state index contributed by atoms with van der Waals surface area (Å²) in [5.74, 6) is 1.10. The Hall–Kier alpha value is -2.16. The molecule has 1 aromatic carbocycles. The van der Waals surface area contributed by atoms with Crippen molar-refractivity contribution in [2.24, 2.45) is 0 Å². The molecule has 2 heterocycles. The van der Waals surface area contributed by atoms with Crippen molar-refractivity contribution in [1.82, 2.24) is 4.98 Å². The maximum Gasteiger partial charge on any atom is 0.231 e. The molecule has 0 amide bonds. The summed E-state index contributed by atoms with van der Waals surface area (Å²) >= 11 is 12.1. The zero-order chi connectivity index (χ0) is 14.1. The number of rotatable bonds is 2. The number of benzene rings is 1. The van der Waals surface area contributed by atoms with Crippen LogP contribution in [0.25, 0.3) is 0 Å². The first kappa shape index (κ1) is 12.9. The number of anilines is 2. The molecule has 1 aliphatic rings. The Morgan fingerprint density at radius 2 is 2.10 bits per heavy atom. The predicted molar refractivity (Wildman–Crippen MR) is 74.8 cm³/mol. The van der Waals surface area contributed by atoms with E-state index in [0.717, 1.165) is 0 Å². The van der Waals surface area contributed by atoms with E-state index < -0.39 is 0 Å². The Balaban J connectivity index is 2.08. The second-order valence-corrected chi connectivity index (χ2v) is 4.68. The molecule has 3 rings (SSSR count). The van der Waals surface area contributed by atoms with Crippen molar-refractivity contribution in [3.8, 4) is 17.6 Å². The monoisotopic (exact) mass is 307 g/mol. The number of fused-ring (bicyclic) bond motifs is 1. The van der Waals surface area contributed by atoms with Gasteiger partial charge in [0.25, 0.3) is 0 Å². The van der Waals surface area contributed by atoms with E-state index in [9.17, 15) is 0 Å². The number of nitrogens with one attached hydrogen (secondary N) is 1. The van der Waals surface area contributed by atoms with Gasteiger partial charge < -0.3 is 14.8 Å². The van der Waals surface area contributed by atoms with Crippen molar-refractivity contribution in [1.29, 1.82) is 5.26 Å². The van der Waals surface area contributed by atoms with Gasteiger partial charge in [-0.25, -0.2) is 4.98 Å². The zero-order valence-corrected chi connectivity index (χ0v) is 11.5. The molecule has 1 aromatic heterocycles. The summed E-state index contributed by atoms with van der Waals surface area (Å²) in [4.78, 5) is 3.86. The lowest BCUT2D eigenvalue weighted by Gasteiger charge is -2.12. The van der Waals surface area contributed by atoms with Crippen molar-refractivity contribution in [3.05, 3.63) is 40.1 Å². The standard InChI is InChI=1S/C13H7Cl2N3O2/c14-8-1-2-10-12(20-6-19-10)11(8)18-9-3-4-17-13(15)7(9)5-16/h1-4H,6H2,(H,17,18). The van der Waals surface area contributed by atoms with Crippen molar-refractivity contribution >= 4 is 34.6 Å². The first-order chi connectivity index (χ1) is 9.70. The van der Waals surface area contributed by atoms with Crippen LogP contribution < -0.4 is 14.8 Å². The fourth-order valence-electron chi connectivity index (χ4n) is 1.85. The quantitative estimate of drug-likeness (QED) is 0.856. The zero-order valence-electron chi connectivity index (χ0n) is 9.98. The van der Waals surface area contributed by atoms with Gasteiger partial charge in [-0.1, -0.05) is 23.2 Å². The average Bonchev–Trinajstić information content (AvgIpc) is 2.91. The Kier molecular flexibility index (Phi) is 3.26. The molecule has 1 aliphatic heterocycles. The Morgan fingerprint density at radius 1 is 1.25 bits per heavy atom. The van der Waals surface area contributed by atoms with Crippen molar-refractivity contribution in [2.45, 2.75) is 0 Å². The Bertz CT molecular complexity index is 728. The van der Waals surface area contributed by atoms with E-state index in [1.807, 2.05) is 6.07 Å². The average molecular weight is 308 g/mol. The van der Waals surface area contributed by atoms with Crippen LogP contribution in [-0.2, 0) is 0 Å². The summed E-state index contributed by atoms with van der Waals surface area (Å²) in [6.07, 6.45) is 1.50. The summed E-state index contributed by atoms with van der Waals surface area (Å²) < 4.78 is 10.7. The topological polar surface area (TPSA) is 67.2 Å². The van der Waals surface area contributed by atoms with E-state index in [-0.39, 0.29) is 17.5 Å². The molecule has 5 nitrogen and oxygen atoms in total. The number of aromatic nitrogens is 1. The number of halogens is 2. The van der Waals surface area contributed by atoms with E-state index in [2.05, 4.69) is 10.3 Å². The van der Waals surface area contributed by atoms with Crippen LogP contribution in [0.1, 0.15) is 5.56 Å². The molecule has 0 spiro atoms. The SMILES string of the molecule is N#Cc1c(Nc2c(Cl)ccc3c2OCO3)ccnc1Cl. The minimum atomic E-state index is 0.123. The number of nitrogens with zero attached hydrogens (tertiary/aromatic N) is 2. The second-order valence-electron chi connectivity index (χ2n) is 3.92. The highest BCUT2D eigenvalue weighted by Crippen LogP contribution is 2.45. The molecule has 0 unspecified atom stereocenters. The molecule has 0 bridgehead atoms. The molecule has 7 heteroatoms. The highest BCUT2D eigenvalue weighted by Gasteiger charge is 2.21. The third kappa shape index (κ3) is 2.09. The van der Waals surface area contributed by atoms with Crippen LogP contribution >= 0.6 is 23.2 Å². The first-order valence-corrected chi connectivity index (χ1v) is 6.36. The molecule has 0 fully saturated rings. The highest BCUT2D eigenvalue weighted by molar-refractivity contribution is 6.34. The molecule has 0 radical (unpaired) electrons. The molecule has 0 atom stereocenters. The van der Waals surface area contributed by atoms with Gasteiger partial charge in [0.15, 0.2) is 11.5 Å². The second kappa shape index (κ2) is 5.08. The summed E-state index contributed by atoms with van der Waals surface area (Å²) in [6.45, 7) is 0.132. The number of hydrogen-bond acceptors (Lipinski definition) is 5. The van der Waals surface area contributed by atoms with Gasteiger partial charge in [-0.3, -0.25) is 0 Å². The van der Waals surface area contributed by atoms with Crippen LogP contribution in [0.3, 0.4) is 0 Å². The molecular weight excluding hydrogens is 301 g/mol. The van der Waals surface area contributed by atoms with Gasteiger partial charge in [-0.05, 0) is 18.2 Å². The third-order valence-corrected chi connectivity index (χ3v) is 3.37. The molecule has 20 heavy (non-hydrogen) atoms. The number of hydrogen-bond donors (Lipinski definition) is 1. The Labute approximate surface area is 124 Å². The van der Waals surface area contributed by atoms with Gasteiger partial charge in [0, 0.05) is 6.20 Å². The lowest BCUT2D eigenvalue weighted by atomic mass is 10.2. The van der Waals surface area contributed by atoms with Crippen LogP contribution in [0.5, 0.6) is 11.5 Å². The summed E-state index contributed by atoms with van der Waals surface area (Å²) in [6, 6.07) is 7.04. The van der Waals surface area contributed by atoms with Crippen LogP contribution in [0.4, 0.5) is 11.4 Å². The largest absolute Gasteiger partial charge is 0.454 e.